The average Bonchev–Trinajstić information content (AvgIpc) is 2.42. The SMILES string of the molecule is CC1CCNC(C)C1NC(=O)c1ccc([N+](=O)[O-])cc1F.Cl. The van der Waals surface area contributed by atoms with Gasteiger partial charge in [-0.3, -0.25) is 14.9 Å². The van der Waals surface area contributed by atoms with Gasteiger partial charge in [-0.1, -0.05) is 6.92 Å². The van der Waals surface area contributed by atoms with Gasteiger partial charge in [0.2, 0.25) is 0 Å². The van der Waals surface area contributed by atoms with E-state index in [1.54, 1.807) is 0 Å². The number of nitro benzene ring substituents is 1. The van der Waals surface area contributed by atoms with E-state index in [0.717, 1.165) is 31.2 Å². The molecule has 122 valence electrons. The molecule has 6 nitrogen and oxygen atoms in total. The van der Waals surface area contributed by atoms with Crippen LogP contribution in [0.2, 0.25) is 0 Å². The number of amides is 1. The molecule has 0 radical (unpaired) electrons. The Labute approximate surface area is 134 Å². The predicted octanol–water partition coefficient (Wildman–Crippen LogP) is 2.27. The molecule has 1 saturated heterocycles. The van der Waals surface area contributed by atoms with E-state index in [4.69, 9.17) is 0 Å². The lowest BCUT2D eigenvalue weighted by molar-refractivity contribution is -0.385. The quantitative estimate of drug-likeness (QED) is 0.657. The Morgan fingerprint density at radius 2 is 2.14 bits per heavy atom. The molecule has 0 aromatic heterocycles. The van der Waals surface area contributed by atoms with Crippen molar-refractivity contribution >= 4 is 24.0 Å². The monoisotopic (exact) mass is 331 g/mol. The number of piperidine rings is 1. The summed E-state index contributed by atoms with van der Waals surface area (Å²) in [5.41, 5.74) is -0.546. The molecular formula is C14H19ClFN3O3. The first-order valence-electron chi connectivity index (χ1n) is 6.88. The number of hydrogen-bond donors (Lipinski definition) is 2. The molecule has 22 heavy (non-hydrogen) atoms. The van der Waals surface area contributed by atoms with Crippen molar-refractivity contribution in [3.8, 4) is 0 Å². The first-order valence-corrected chi connectivity index (χ1v) is 6.88. The van der Waals surface area contributed by atoms with Gasteiger partial charge in [-0.05, 0) is 31.9 Å². The standard InChI is InChI=1S/C14H18FN3O3.ClH/c1-8-5-6-16-9(2)13(8)17-14(19)11-4-3-10(18(20)21)7-12(11)15;/h3-4,7-9,13,16H,5-6H2,1-2H3,(H,17,19);1H. The van der Waals surface area contributed by atoms with Crippen molar-refractivity contribution in [3.63, 3.8) is 0 Å². The van der Waals surface area contributed by atoms with Gasteiger partial charge in [0.1, 0.15) is 5.82 Å². The maximum absolute atomic E-state index is 13.8. The molecule has 1 amide bonds. The Hall–Kier alpha value is -1.73. The zero-order chi connectivity index (χ0) is 15.6. The van der Waals surface area contributed by atoms with Crippen LogP contribution in [0.3, 0.4) is 0 Å². The van der Waals surface area contributed by atoms with Crippen LogP contribution in [-0.4, -0.2) is 29.5 Å². The summed E-state index contributed by atoms with van der Waals surface area (Å²) in [4.78, 5) is 22.0. The van der Waals surface area contributed by atoms with Crippen molar-refractivity contribution in [2.75, 3.05) is 6.54 Å². The second kappa shape index (κ2) is 7.51. The van der Waals surface area contributed by atoms with Crippen molar-refractivity contribution in [1.82, 2.24) is 10.6 Å². The molecule has 3 atom stereocenters. The van der Waals surface area contributed by atoms with E-state index in [1.807, 2.05) is 13.8 Å². The fourth-order valence-corrected chi connectivity index (χ4v) is 2.64. The molecule has 1 aliphatic heterocycles. The second-order valence-electron chi connectivity index (χ2n) is 5.43. The summed E-state index contributed by atoms with van der Waals surface area (Å²) in [5.74, 6) is -1.15. The summed E-state index contributed by atoms with van der Waals surface area (Å²) in [7, 11) is 0. The molecular weight excluding hydrogens is 313 g/mol. The van der Waals surface area contributed by atoms with Crippen LogP contribution < -0.4 is 10.6 Å². The van der Waals surface area contributed by atoms with Crippen LogP contribution in [0.4, 0.5) is 10.1 Å². The topological polar surface area (TPSA) is 84.3 Å². The molecule has 1 fully saturated rings. The van der Waals surface area contributed by atoms with Gasteiger partial charge in [-0.2, -0.15) is 0 Å². The number of hydrogen-bond acceptors (Lipinski definition) is 4. The van der Waals surface area contributed by atoms with Gasteiger partial charge in [0.05, 0.1) is 16.6 Å². The van der Waals surface area contributed by atoms with Gasteiger partial charge >= 0.3 is 0 Å². The number of halogens is 2. The number of carbonyl (C=O) groups is 1. The highest BCUT2D eigenvalue weighted by molar-refractivity contribution is 5.95. The van der Waals surface area contributed by atoms with E-state index < -0.39 is 16.6 Å². The van der Waals surface area contributed by atoms with Crippen molar-refractivity contribution in [2.24, 2.45) is 5.92 Å². The molecule has 1 aromatic rings. The molecule has 2 N–H and O–H groups in total. The summed E-state index contributed by atoms with van der Waals surface area (Å²) < 4.78 is 13.8. The predicted molar refractivity (Wildman–Crippen MR) is 82.8 cm³/mol. The summed E-state index contributed by atoms with van der Waals surface area (Å²) >= 11 is 0. The van der Waals surface area contributed by atoms with E-state index in [1.165, 1.54) is 0 Å². The first-order chi connectivity index (χ1) is 9.90. The number of nitro groups is 1. The van der Waals surface area contributed by atoms with Gasteiger partial charge in [-0.15, -0.1) is 12.4 Å². The maximum atomic E-state index is 13.8. The largest absolute Gasteiger partial charge is 0.347 e. The Morgan fingerprint density at radius 3 is 2.68 bits per heavy atom. The highest BCUT2D eigenvalue weighted by atomic mass is 35.5. The smallest absolute Gasteiger partial charge is 0.272 e. The van der Waals surface area contributed by atoms with Crippen LogP contribution >= 0.6 is 12.4 Å². The lowest BCUT2D eigenvalue weighted by Crippen LogP contribution is -2.56. The van der Waals surface area contributed by atoms with Crippen LogP contribution in [0, 0.1) is 21.8 Å². The van der Waals surface area contributed by atoms with Crippen LogP contribution in [0.5, 0.6) is 0 Å². The van der Waals surface area contributed by atoms with E-state index >= 15 is 0 Å². The highest BCUT2D eigenvalue weighted by Gasteiger charge is 2.29. The normalized spacial score (nSPS) is 24.2. The van der Waals surface area contributed by atoms with Crippen LogP contribution in [-0.2, 0) is 0 Å². The fourth-order valence-electron chi connectivity index (χ4n) is 2.64. The number of rotatable bonds is 3. The van der Waals surface area contributed by atoms with Crippen molar-refractivity contribution in [1.29, 1.82) is 0 Å². The van der Waals surface area contributed by atoms with Gasteiger partial charge in [0.15, 0.2) is 0 Å². The van der Waals surface area contributed by atoms with Gasteiger partial charge in [-0.25, -0.2) is 4.39 Å². The van der Waals surface area contributed by atoms with Crippen molar-refractivity contribution in [3.05, 3.63) is 39.7 Å². The fraction of sp³-hybridized carbons (Fsp3) is 0.500. The van der Waals surface area contributed by atoms with E-state index in [9.17, 15) is 19.3 Å². The summed E-state index contributed by atoms with van der Waals surface area (Å²) in [6.07, 6.45) is 0.929. The number of non-ortho nitro benzene ring substituents is 1. The van der Waals surface area contributed by atoms with Crippen molar-refractivity contribution < 1.29 is 14.1 Å². The molecule has 2 rings (SSSR count). The van der Waals surface area contributed by atoms with Crippen LogP contribution in [0.25, 0.3) is 0 Å². The van der Waals surface area contributed by atoms with E-state index in [-0.39, 0.29) is 41.7 Å². The van der Waals surface area contributed by atoms with Crippen molar-refractivity contribution in [2.45, 2.75) is 32.4 Å². The van der Waals surface area contributed by atoms with Gasteiger partial charge in [0, 0.05) is 18.2 Å². The molecule has 8 heteroatoms. The molecule has 3 unspecified atom stereocenters. The zero-order valence-electron chi connectivity index (χ0n) is 12.3. The van der Waals surface area contributed by atoms with Crippen LogP contribution in [0.1, 0.15) is 30.6 Å². The molecule has 0 aliphatic carbocycles. The number of nitrogens with one attached hydrogen (secondary N) is 2. The Bertz CT molecular complexity index is 560. The maximum Gasteiger partial charge on any atom is 0.272 e. The zero-order valence-corrected chi connectivity index (χ0v) is 13.2. The molecule has 1 aliphatic rings. The Morgan fingerprint density at radius 1 is 1.45 bits per heavy atom. The lowest BCUT2D eigenvalue weighted by Gasteiger charge is -2.36. The third kappa shape index (κ3) is 3.92. The average molecular weight is 332 g/mol. The van der Waals surface area contributed by atoms with Crippen LogP contribution in [0.15, 0.2) is 18.2 Å². The number of benzene rings is 1. The molecule has 0 spiro atoms. The van der Waals surface area contributed by atoms with Gasteiger partial charge < -0.3 is 10.6 Å². The van der Waals surface area contributed by atoms with E-state index in [0.29, 0.717) is 0 Å². The highest BCUT2D eigenvalue weighted by Crippen LogP contribution is 2.19. The third-order valence-electron chi connectivity index (χ3n) is 3.92. The minimum atomic E-state index is -0.884. The lowest BCUT2D eigenvalue weighted by atomic mass is 9.89. The van der Waals surface area contributed by atoms with E-state index in [2.05, 4.69) is 10.6 Å². The first kappa shape index (κ1) is 18.3. The molecule has 1 heterocycles. The Kier molecular flexibility index (Phi) is 6.25. The summed E-state index contributed by atoms with van der Waals surface area (Å²) in [6, 6.07) is 3.04. The third-order valence-corrected chi connectivity index (χ3v) is 3.92. The molecule has 0 saturated carbocycles. The Balaban J connectivity index is 0.00000242. The molecule has 1 aromatic carbocycles. The van der Waals surface area contributed by atoms with Gasteiger partial charge in [0.25, 0.3) is 11.6 Å². The number of carbonyl (C=O) groups excluding carboxylic acids is 1. The minimum absolute atomic E-state index is 0. The number of nitrogens with zero attached hydrogens (tertiary/aromatic N) is 1. The molecule has 0 bridgehead atoms. The summed E-state index contributed by atoms with van der Waals surface area (Å²) in [5, 5.41) is 16.6. The second-order valence-corrected chi connectivity index (χ2v) is 5.43. The summed E-state index contributed by atoms with van der Waals surface area (Å²) in [6.45, 7) is 4.89. The minimum Gasteiger partial charge on any atom is -0.347 e.